The fraction of sp³-hybridized carbons (Fsp3) is 0.214. The molecule has 1 aliphatic heterocycles. The van der Waals surface area contributed by atoms with E-state index >= 15 is 0 Å². The first-order valence-corrected chi connectivity index (χ1v) is 12.0. The first-order chi connectivity index (χ1) is 18.0. The normalized spacial score (nSPS) is 13.1. The molecular weight excluding hydrogens is 473 g/mol. The first-order valence-electron chi connectivity index (χ1n) is 12.0. The number of aromatic nitrogens is 3. The van der Waals surface area contributed by atoms with E-state index in [2.05, 4.69) is 15.6 Å². The SMILES string of the molecule is COc1ccc(-c2cn(Cc3ccc(C(=O)NCc4cccc(N5CCCC5=O)c4)cc3)nn2)c(F)c1. The van der Waals surface area contributed by atoms with E-state index in [1.807, 2.05) is 36.4 Å². The number of amides is 2. The Morgan fingerprint density at radius 1 is 1.08 bits per heavy atom. The third kappa shape index (κ3) is 5.50. The van der Waals surface area contributed by atoms with Crippen molar-refractivity contribution in [2.75, 3.05) is 18.6 Å². The van der Waals surface area contributed by atoms with Gasteiger partial charge in [0.1, 0.15) is 17.3 Å². The molecule has 0 spiro atoms. The van der Waals surface area contributed by atoms with Crippen LogP contribution in [0.2, 0.25) is 0 Å². The summed E-state index contributed by atoms with van der Waals surface area (Å²) in [5, 5.41) is 11.1. The van der Waals surface area contributed by atoms with Gasteiger partial charge in [0, 0.05) is 42.4 Å². The lowest BCUT2D eigenvalue weighted by atomic mass is 10.1. The van der Waals surface area contributed by atoms with Crippen molar-refractivity contribution in [3.8, 4) is 17.0 Å². The summed E-state index contributed by atoms with van der Waals surface area (Å²) in [5.74, 6) is -0.0496. The van der Waals surface area contributed by atoms with Crippen LogP contribution in [0.15, 0.2) is 72.9 Å². The maximum atomic E-state index is 14.3. The molecule has 4 aromatic rings. The summed E-state index contributed by atoms with van der Waals surface area (Å²) in [6.07, 6.45) is 3.13. The molecular formula is C28H26FN5O3. The molecule has 8 nitrogen and oxygen atoms in total. The molecule has 0 saturated carbocycles. The van der Waals surface area contributed by atoms with Crippen LogP contribution in [0.1, 0.15) is 34.3 Å². The average Bonchev–Trinajstić information content (AvgIpc) is 3.56. The summed E-state index contributed by atoms with van der Waals surface area (Å²) in [7, 11) is 1.48. The van der Waals surface area contributed by atoms with E-state index in [1.54, 1.807) is 40.0 Å². The van der Waals surface area contributed by atoms with Crippen molar-refractivity contribution < 1.29 is 18.7 Å². The van der Waals surface area contributed by atoms with E-state index < -0.39 is 5.82 Å². The molecule has 2 amide bonds. The molecule has 2 heterocycles. The van der Waals surface area contributed by atoms with Crippen LogP contribution in [0.3, 0.4) is 0 Å². The fourth-order valence-electron chi connectivity index (χ4n) is 4.32. The van der Waals surface area contributed by atoms with Crippen molar-refractivity contribution in [1.82, 2.24) is 20.3 Å². The van der Waals surface area contributed by atoms with Gasteiger partial charge in [0.25, 0.3) is 5.91 Å². The molecule has 9 heteroatoms. The quantitative estimate of drug-likeness (QED) is 0.393. The fourth-order valence-corrected chi connectivity index (χ4v) is 4.32. The molecule has 0 aliphatic carbocycles. The van der Waals surface area contributed by atoms with Crippen molar-refractivity contribution >= 4 is 17.5 Å². The van der Waals surface area contributed by atoms with Crippen LogP contribution in [0, 0.1) is 5.82 Å². The maximum Gasteiger partial charge on any atom is 0.251 e. The van der Waals surface area contributed by atoms with E-state index in [-0.39, 0.29) is 11.8 Å². The molecule has 1 fully saturated rings. The van der Waals surface area contributed by atoms with Crippen molar-refractivity contribution in [2.45, 2.75) is 25.9 Å². The Hall–Kier alpha value is -4.53. The van der Waals surface area contributed by atoms with Gasteiger partial charge in [-0.05, 0) is 53.9 Å². The van der Waals surface area contributed by atoms with E-state index in [0.29, 0.717) is 42.1 Å². The van der Waals surface area contributed by atoms with Crippen LogP contribution in [0.4, 0.5) is 10.1 Å². The zero-order chi connectivity index (χ0) is 25.8. The standard InChI is InChI=1S/C28H26FN5O3/c1-37-23-11-12-24(25(29)15-23)26-18-33(32-31-26)17-19-7-9-21(10-8-19)28(36)30-16-20-4-2-5-22(14-20)34-13-3-6-27(34)35/h2,4-5,7-12,14-15,18H,3,6,13,16-17H2,1H3,(H,30,36). The Morgan fingerprint density at radius 2 is 1.92 bits per heavy atom. The minimum Gasteiger partial charge on any atom is -0.497 e. The number of hydrogen-bond acceptors (Lipinski definition) is 5. The summed E-state index contributed by atoms with van der Waals surface area (Å²) >= 11 is 0. The second-order valence-corrected chi connectivity index (χ2v) is 8.85. The second kappa shape index (κ2) is 10.6. The Balaban J connectivity index is 1.18. The molecule has 188 valence electrons. The lowest BCUT2D eigenvalue weighted by molar-refractivity contribution is -0.117. The molecule has 1 N–H and O–H groups in total. The Morgan fingerprint density at radius 3 is 2.65 bits per heavy atom. The van der Waals surface area contributed by atoms with Gasteiger partial charge in [0.05, 0.1) is 19.9 Å². The van der Waals surface area contributed by atoms with Gasteiger partial charge in [-0.25, -0.2) is 9.07 Å². The highest BCUT2D eigenvalue weighted by atomic mass is 19.1. The predicted molar refractivity (Wildman–Crippen MR) is 137 cm³/mol. The number of nitrogens with zero attached hydrogens (tertiary/aromatic N) is 4. The van der Waals surface area contributed by atoms with Gasteiger partial charge in [0.15, 0.2) is 0 Å². The number of carbonyl (C=O) groups is 2. The number of halogens is 1. The lowest BCUT2D eigenvalue weighted by Gasteiger charge is -2.16. The monoisotopic (exact) mass is 499 g/mol. The number of anilines is 1. The third-order valence-corrected chi connectivity index (χ3v) is 6.30. The van der Waals surface area contributed by atoms with Gasteiger partial charge in [0.2, 0.25) is 5.91 Å². The highest BCUT2D eigenvalue weighted by Crippen LogP contribution is 2.25. The van der Waals surface area contributed by atoms with Gasteiger partial charge < -0.3 is 15.0 Å². The molecule has 37 heavy (non-hydrogen) atoms. The number of benzene rings is 3. The van der Waals surface area contributed by atoms with Crippen LogP contribution < -0.4 is 15.0 Å². The lowest BCUT2D eigenvalue weighted by Crippen LogP contribution is -2.25. The molecule has 0 unspecified atom stereocenters. The Labute approximate surface area is 213 Å². The van der Waals surface area contributed by atoms with Crippen LogP contribution in [-0.2, 0) is 17.9 Å². The zero-order valence-corrected chi connectivity index (χ0v) is 20.4. The summed E-state index contributed by atoms with van der Waals surface area (Å²) in [6, 6.07) is 19.5. The van der Waals surface area contributed by atoms with Crippen molar-refractivity contribution in [3.05, 3.63) is 95.4 Å². The van der Waals surface area contributed by atoms with E-state index in [4.69, 9.17) is 4.74 Å². The summed E-state index contributed by atoms with van der Waals surface area (Å²) in [5.41, 5.74) is 4.02. The molecule has 0 atom stereocenters. The summed E-state index contributed by atoms with van der Waals surface area (Å²) < 4.78 is 21.0. The zero-order valence-electron chi connectivity index (χ0n) is 20.4. The number of carbonyl (C=O) groups excluding carboxylic acids is 2. The van der Waals surface area contributed by atoms with Crippen molar-refractivity contribution in [1.29, 1.82) is 0 Å². The second-order valence-electron chi connectivity index (χ2n) is 8.85. The van der Waals surface area contributed by atoms with E-state index in [9.17, 15) is 14.0 Å². The number of rotatable bonds is 8. The Kier molecular flexibility index (Phi) is 6.93. The third-order valence-electron chi connectivity index (χ3n) is 6.30. The highest BCUT2D eigenvalue weighted by molar-refractivity contribution is 5.95. The number of nitrogens with one attached hydrogen (secondary N) is 1. The van der Waals surface area contributed by atoms with Gasteiger partial charge in [-0.15, -0.1) is 5.10 Å². The highest BCUT2D eigenvalue weighted by Gasteiger charge is 2.21. The van der Waals surface area contributed by atoms with Gasteiger partial charge in [-0.2, -0.15) is 0 Å². The van der Waals surface area contributed by atoms with Gasteiger partial charge in [-0.1, -0.05) is 29.5 Å². The average molecular weight is 500 g/mol. The number of ether oxygens (including phenoxy) is 1. The smallest absolute Gasteiger partial charge is 0.251 e. The predicted octanol–water partition coefficient (Wildman–Crippen LogP) is 4.20. The molecule has 5 rings (SSSR count). The number of methoxy groups -OCH3 is 1. The number of hydrogen-bond donors (Lipinski definition) is 1. The van der Waals surface area contributed by atoms with Crippen LogP contribution in [-0.4, -0.2) is 40.5 Å². The summed E-state index contributed by atoms with van der Waals surface area (Å²) in [6.45, 7) is 1.52. The first kappa shape index (κ1) is 24.2. The van der Waals surface area contributed by atoms with Gasteiger partial charge in [-0.3, -0.25) is 9.59 Å². The molecule has 1 saturated heterocycles. The van der Waals surface area contributed by atoms with Crippen LogP contribution in [0.5, 0.6) is 5.75 Å². The maximum absolute atomic E-state index is 14.3. The molecule has 0 bridgehead atoms. The Bertz CT molecular complexity index is 1430. The molecule has 0 radical (unpaired) electrons. The minimum atomic E-state index is -0.432. The molecule has 3 aromatic carbocycles. The van der Waals surface area contributed by atoms with Crippen molar-refractivity contribution in [2.24, 2.45) is 0 Å². The minimum absolute atomic E-state index is 0.135. The van der Waals surface area contributed by atoms with Gasteiger partial charge >= 0.3 is 0 Å². The largest absolute Gasteiger partial charge is 0.497 e. The molecule has 1 aromatic heterocycles. The van der Waals surface area contributed by atoms with E-state index in [1.165, 1.54) is 13.2 Å². The van der Waals surface area contributed by atoms with Crippen LogP contribution >= 0.6 is 0 Å². The van der Waals surface area contributed by atoms with Crippen LogP contribution in [0.25, 0.3) is 11.3 Å². The topological polar surface area (TPSA) is 89.4 Å². The summed E-state index contributed by atoms with van der Waals surface area (Å²) in [4.78, 5) is 26.5. The van der Waals surface area contributed by atoms with Crippen molar-refractivity contribution in [3.63, 3.8) is 0 Å². The van der Waals surface area contributed by atoms with E-state index in [0.717, 1.165) is 29.8 Å². The molecule has 1 aliphatic rings.